The number of amides is 2. The first-order valence-corrected chi connectivity index (χ1v) is 15.9. The predicted molar refractivity (Wildman–Crippen MR) is 167 cm³/mol. The van der Waals surface area contributed by atoms with Gasteiger partial charge in [-0.2, -0.15) is 0 Å². The minimum Gasteiger partial charge on any atom is -0.444 e. The van der Waals surface area contributed by atoms with Crippen molar-refractivity contribution in [2.45, 2.75) is 43.8 Å². The smallest absolute Gasteiger partial charge is 0.412 e. The molecule has 1 N–H and O–H groups in total. The number of pyridine rings is 1. The van der Waals surface area contributed by atoms with E-state index in [1.165, 1.54) is 40.9 Å². The number of hydrogen-bond acceptors (Lipinski definition) is 7. The van der Waals surface area contributed by atoms with E-state index in [0.29, 0.717) is 18.8 Å². The van der Waals surface area contributed by atoms with Crippen LogP contribution in [-0.2, 0) is 9.53 Å². The molecular formula is C33H39F2N5O3S. The SMILES string of the molecule is CC(C)(C)OC(=O)N1C(C(=O)NCCN2CCN(C(c3ccc(F)cc3)c3ccc(F)cc3)CC2)CSC1c1cccnc1. The van der Waals surface area contributed by atoms with Crippen molar-refractivity contribution in [2.24, 2.45) is 0 Å². The average Bonchev–Trinajstić information content (AvgIpc) is 3.45. The first-order chi connectivity index (χ1) is 21.1. The van der Waals surface area contributed by atoms with Gasteiger partial charge in [0.1, 0.15) is 28.7 Å². The highest BCUT2D eigenvalue weighted by molar-refractivity contribution is 7.99. The Labute approximate surface area is 261 Å². The Bertz CT molecular complexity index is 1350. The molecule has 2 atom stereocenters. The molecule has 44 heavy (non-hydrogen) atoms. The molecule has 5 rings (SSSR count). The van der Waals surface area contributed by atoms with Gasteiger partial charge in [0.25, 0.3) is 0 Å². The summed E-state index contributed by atoms with van der Waals surface area (Å²) >= 11 is 1.52. The summed E-state index contributed by atoms with van der Waals surface area (Å²) in [4.78, 5) is 37.0. The fourth-order valence-electron chi connectivity index (χ4n) is 5.63. The molecule has 11 heteroatoms. The standard InChI is InChI=1S/C33H39F2N5O3S/c1-33(2,3)43-32(42)40-28(22-44-31(40)25-5-4-14-36-21-25)30(41)37-15-16-38-17-19-39(20-18-38)29(23-6-10-26(34)11-7-23)24-8-12-27(35)13-9-24/h4-14,21,28-29,31H,15-20,22H2,1-3H3,(H,37,41). The molecule has 2 unspecified atom stereocenters. The molecule has 0 saturated carbocycles. The Hall–Kier alpha value is -3.54. The third-order valence-corrected chi connectivity index (χ3v) is 9.07. The Morgan fingerprint density at radius 1 is 0.977 bits per heavy atom. The molecule has 2 aliphatic heterocycles. The van der Waals surface area contributed by atoms with E-state index >= 15 is 0 Å². The van der Waals surface area contributed by atoms with Crippen LogP contribution in [0.1, 0.15) is 48.9 Å². The first kappa shape index (κ1) is 31.9. The third-order valence-electron chi connectivity index (χ3n) is 7.75. The van der Waals surface area contributed by atoms with Crippen LogP contribution in [-0.4, -0.2) is 88.3 Å². The molecule has 234 valence electrons. The highest BCUT2D eigenvalue weighted by Gasteiger charge is 2.44. The Kier molecular flexibility index (Phi) is 10.2. The maximum Gasteiger partial charge on any atom is 0.412 e. The zero-order chi connectivity index (χ0) is 31.3. The fourth-order valence-corrected chi connectivity index (χ4v) is 7.03. The van der Waals surface area contributed by atoms with Crippen molar-refractivity contribution in [1.29, 1.82) is 0 Å². The number of hydrogen-bond donors (Lipinski definition) is 1. The van der Waals surface area contributed by atoms with E-state index < -0.39 is 17.7 Å². The van der Waals surface area contributed by atoms with Gasteiger partial charge in [0.05, 0.1) is 6.04 Å². The van der Waals surface area contributed by atoms with Crippen molar-refractivity contribution < 1.29 is 23.1 Å². The van der Waals surface area contributed by atoms with Gasteiger partial charge >= 0.3 is 6.09 Å². The first-order valence-electron chi connectivity index (χ1n) is 14.9. The number of nitrogens with one attached hydrogen (secondary N) is 1. The number of piperazine rings is 1. The normalized spacial score (nSPS) is 19.7. The lowest BCUT2D eigenvalue weighted by Crippen LogP contribution is -2.52. The van der Waals surface area contributed by atoms with E-state index in [1.54, 1.807) is 36.7 Å². The second kappa shape index (κ2) is 14.0. The summed E-state index contributed by atoms with van der Waals surface area (Å²) in [5.74, 6) is -0.341. The van der Waals surface area contributed by atoms with E-state index in [9.17, 15) is 18.4 Å². The number of ether oxygens (including phenoxy) is 1. The van der Waals surface area contributed by atoms with E-state index in [4.69, 9.17) is 4.74 Å². The number of thioether (sulfide) groups is 1. The third kappa shape index (κ3) is 7.94. The summed E-state index contributed by atoms with van der Waals surface area (Å²) in [6.45, 7) is 9.60. The Morgan fingerprint density at radius 3 is 2.14 bits per heavy atom. The van der Waals surface area contributed by atoms with Crippen molar-refractivity contribution in [2.75, 3.05) is 45.0 Å². The van der Waals surface area contributed by atoms with Crippen LogP contribution in [0.15, 0.2) is 73.1 Å². The van der Waals surface area contributed by atoms with Crippen LogP contribution >= 0.6 is 11.8 Å². The Balaban J connectivity index is 1.17. The van der Waals surface area contributed by atoms with Crippen LogP contribution in [0.5, 0.6) is 0 Å². The number of benzene rings is 2. The van der Waals surface area contributed by atoms with Gasteiger partial charge in [0.15, 0.2) is 0 Å². The zero-order valence-electron chi connectivity index (χ0n) is 25.3. The van der Waals surface area contributed by atoms with Crippen molar-refractivity contribution >= 4 is 23.8 Å². The van der Waals surface area contributed by atoms with Crippen LogP contribution < -0.4 is 5.32 Å². The van der Waals surface area contributed by atoms with Crippen LogP contribution in [0.25, 0.3) is 0 Å². The quantitative estimate of drug-likeness (QED) is 0.368. The minimum atomic E-state index is -0.695. The monoisotopic (exact) mass is 623 g/mol. The number of aromatic nitrogens is 1. The van der Waals surface area contributed by atoms with Gasteiger partial charge in [-0.1, -0.05) is 30.3 Å². The predicted octanol–water partition coefficient (Wildman–Crippen LogP) is 5.23. The molecule has 3 aromatic rings. The zero-order valence-corrected chi connectivity index (χ0v) is 26.1. The largest absolute Gasteiger partial charge is 0.444 e. The van der Waals surface area contributed by atoms with Crippen molar-refractivity contribution in [1.82, 2.24) is 25.0 Å². The van der Waals surface area contributed by atoms with Crippen LogP contribution in [0.3, 0.4) is 0 Å². The molecule has 2 saturated heterocycles. The lowest BCUT2D eigenvalue weighted by atomic mass is 9.96. The van der Waals surface area contributed by atoms with Crippen LogP contribution in [0.4, 0.5) is 13.6 Å². The molecule has 0 bridgehead atoms. The second-order valence-electron chi connectivity index (χ2n) is 12.0. The van der Waals surface area contributed by atoms with E-state index in [2.05, 4.69) is 20.1 Å². The number of carbonyl (C=O) groups excluding carboxylic acids is 2. The summed E-state index contributed by atoms with van der Waals surface area (Å²) in [6.07, 6.45) is 2.87. The topological polar surface area (TPSA) is 78.0 Å². The molecule has 2 aromatic carbocycles. The lowest BCUT2D eigenvalue weighted by molar-refractivity contribution is -0.125. The maximum absolute atomic E-state index is 13.7. The molecule has 1 aromatic heterocycles. The summed E-state index contributed by atoms with van der Waals surface area (Å²) in [6, 6.07) is 15.9. The number of halogens is 2. The van der Waals surface area contributed by atoms with Crippen molar-refractivity contribution in [3.8, 4) is 0 Å². The molecular weight excluding hydrogens is 584 g/mol. The Morgan fingerprint density at radius 2 is 1.59 bits per heavy atom. The van der Waals surface area contributed by atoms with Crippen LogP contribution in [0, 0.1) is 11.6 Å². The molecule has 2 amide bonds. The average molecular weight is 624 g/mol. The van der Waals surface area contributed by atoms with E-state index in [1.807, 2.05) is 32.9 Å². The van der Waals surface area contributed by atoms with E-state index in [0.717, 1.165) is 42.9 Å². The molecule has 8 nitrogen and oxygen atoms in total. The van der Waals surface area contributed by atoms with Gasteiger partial charge in [-0.05, 0) is 62.2 Å². The molecule has 0 radical (unpaired) electrons. The van der Waals surface area contributed by atoms with Gasteiger partial charge in [0, 0.05) is 63.0 Å². The summed E-state index contributed by atoms with van der Waals surface area (Å²) in [7, 11) is 0. The minimum absolute atomic E-state index is 0.121. The number of rotatable bonds is 8. The summed E-state index contributed by atoms with van der Waals surface area (Å²) < 4.78 is 33.0. The van der Waals surface area contributed by atoms with Crippen molar-refractivity contribution in [3.05, 3.63) is 101 Å². The molecule has 0 spiro atoms. The summed E-state index contributed by atoms with van der Waals surface area (Å²) in [5, 5.41) is 2.68. The lowest BCUT2D eigenvalue weighted by Gasteiger charge is -2.40. The van der Waals surface area contributed by atoms with Gasteiger partial charge in [-0.15, -0.1) is 11.8 Å². The molecule has 3 heterocycles. The van der Waals surface area contributed by atoms with Gasteiger partial charge < -0.3 is 10.1 Å². The highest BCUT2D eigenvalue weighted by atomic mass is 32.2. The van der Waals surface area contributed by atoms with Gasteiger partial charge in [-0.3, -0.25) is 24.5 Å². The molecule has 0 aliphatic carbocycles. The molecule has 2 fully saturated rings. The summed E-state index contributed by atoms with van der Waals surface area (Å²) in [5.41, 5.74) is 2.05. The number of carbonyl (C=O) groups is 2. The number of nitrogens with zero attached hydrogens (tertiary/aromatic N) is 4. The van der Waals surface area contributed by atoms with Crippen molar-refractivity contribution in [3.63, 3.8) is 0 Å². The highest BCUT2D eigenvalue weighted by Crippen LogP contribution is 2.42. The van der Waals surface area contributed by atoms with Gasteiger partial charge in [-0.25, -0.2) is 13.6 Å². The van der Waals surface area contributed by atoms with Gasteiger partial charge in [0.2, 0.25) is 5.91 Å². The fraction of sp³-hybridized carbons (Fsp3) is 0.424. The second-order valence-corrected chi connectivity index (χ2v) is 13.2. The van der Waals surface area contributed by atoms with E-state index in [-0.39, 0.29) is 29.0 Å². The van der Waals surface area contributed by atoms with Crippen LogP contribution in [0.2, 0.25) is 0 Å². The molecule has 2 aliphatic rings. The maximum atomic E-state index is 13.7.